The Kier molecular flexibility index (Phi) is 8.47. The van der Waals surface area contributed by atoms with Crippen LogP contribution in [0.2, 0.25) is 0 Å². The summed E-state index contributed by atoms with van der Waals surface area (Å²) in [4.78, 5) is 36.6. The molecular weight excluding hydrogens is 346 g/mol. The van der Waals surface area contributed by atoms with E-state index in [1.54, 1.807) is 45.0 Å². The van der Waals surface area contributed by atoms with E-state index < -0.39 is 29.4 Å². The summed E-state index contributed by atoms with van der Waals surface area (Å²) in [5, 5.41) is 12.4. The Morgan fingerprint density at radius 1 is 1.07 bits per heavy atom. The van der Waals surface area contributed by atoms with E-state index in [1.807, 2.05) is 19.9 Å². The van der Waals surface area contributed by atoms with E-state index in [2.05, 4.69) is 5.32 Å². The van der Waals surface area contributed by atoms with Crippen LogP contribution in [0.1, 0.15) is 57.8 Å². The van der Waals surface area contributed by atoms with Crippen molar-refractivity contribution in [1.29, 1.82) is 0 Å². The fourth-order valence-electron chi connectivity index (χ4n) is 2.84. The van der Waals surface area contributed by atoms with Crippen molar-refractivity contribution in [3.63, 3.8) is 0 Å². The third kappa shape index (κ3) is 8.24. The lowest BCUT2D eigenvalue weighted by Crippen LogP contribution is -2.38. The second kappa shape index (κ2) is 10.1. The Bertz CT molecular complexity index is 634. The van der Waals surface area contributed by atoms with Crippen LogP contribution in [0.25, 0.3) is 0 Å². The molecule has 150 valence electrons. The predicted octanol–water partition coefficient (Wildman–Crippen LogP) is 3.51. The van der Waals surface area contributed by atoms with Crippen LogP contribution in [0, 0.1) is 17.8 Å². The van der Waals surface area contributed by atoms with E-state index >= 15 is 0 Å². The van der Waals surface area contributed by atoms with Crippen LogP contribution in [0.4, 0.5) is 0 Å². The van der Waals surface area contributed by atoms with Crippen LogP contribution >= 0.6 is 0 Å². The summed E-state index contributed by atoms with van der Waals surface area (Å²) in [6.45, 7) is 9.27. The summed E-state index contributed by atoms with van der Waals surface area (Å²) in [7, 11) is 0. The summed E-state index contributed by atoms with van der Waals surface area (Å²) in [6, 6.07) is 8.74. The molecule has 1 aromatic rings. The Hall–Kier alpha value is -2.37. The van der Waals surface area contributed by atoms with Gasteiger partial charge in [0.15, 0.2) is 0 Å². The molecule has 6 nitrogen and oxygen atoms in total. The number of carboxylic acid groups (broad SMARTS) is 1. The van der Waals surface area contributed by atoms with E-state index in [9.17, 15) is 19.5 Å². The molecule has 0 aliphatic rings. The third-order valence-electron chi connectivity index (χ3n) is 4.01. The first-order chi connectivity index (χ1) is 12.5. The number of hydrogen-bond acceptors (Lipinski definition) is 4. The lowest BCUT2D eigenvalue weighted by molar-refractivity contribution is -0.167. The molecule has 0 bridgehead atoms. The highest BCUT2D eigenvalue weighted by Crippen LogP contribution is 2.27. The number of carbonyl (C=O) groups is 3. The van der Waals surface area contributed by atoms with Gasteiger partial charge < -0.3 is 15.2 Å². The number of rotatable bonds is 9. The van der Waals surface area contributed by atoms with Gasteiger partial charge in [-0.25, -0.2) is 0 Å². The second-order valence-corrected chi connectivity index (χ2v) is 8.12. The first-order valence-electron chi connectivity index (χ1n) is 9.30. The van der Waals surface area contributed by atoms with E-state index in [-0.39, 0.29) is 24.8 Å². The molecule has 1 amide bonds. The monoisotopic (exact) mass is 377 g/mol. The SMILES string of the molecule is CC(C)C[C@@H](C(=O)O)[C@H](CCNC(=O)c1ccccc1)C(=O)OC(C)(C)C. The topological polar surface area (TPSA) is 92.7 Å². The molecule has 2 atom stereocenters. The Labute approximate surface area is 161 Å². The molecule has 6 heteroatoms. The van der Waals surface area contributed by atoms with Crippen LogP contribution in [0.15, 0.2) is 30.3 Å². The third-order valence-corrected chi connectivity index (χ3v) is 4.01. The van der Waals surface area contributed by atoms with Crippen molar-refractivity contribution in [2.45, 2.75) is 53.1 Å². The lowest BCUT2D eigenvalue weighted by atomic mass is 9.83. The summed E-state index contributed by atoms with van der Waals surface area (Å²) in [5.41, 5.74) is -0.188. The van der Waals surface area contributed by atoms with E-state index in [0.29, 0.717) is 12.0 Å². The molecule has 0 aromatic heterocycles. The molecule has 2 N–H and O–H groups in total. The fraction of sp³-hybridized carbons (Fsp3) is 0.571. The lowest BCUT2D eigenvalue weighted by Gasteiger charge is -2.28. The number of amides is 1. The van der Waals surface area contributed by atoms with Gasteiger partial charge in [0, 0.05) is 12.1 Å². The van der Waals surface area contributed by atoms with E-state index in [0.717, 1.165) is 0 Å². The molecular formula is C21H31NO5. The summed E-state index contributed by atoms with van der Waals surface area (Å²) < 4.78 is 5.44. The molecule has 0 radical (unpaired) electrons. The molecule has 1 aromatic carbocycles. The molecule has 0 aliphatic heterocycles. The molecule has 0 unspecified atom stereocenters. The van der Waals surface area contributed by atoms with Crippen LogP contribution in [-0.4, -0.2) is 35.1 Å². The average Bonchev–Trinajstić information content (AvgIpc) is 2.55. The number of benzene rings is 1. The van der Waals surface area contributed by atoms with Crippen molar-refractivity contribution in [3.05, 3.63) is 35.9 Å². The predicted molar refractivity (Wildman–Crippen MR) is 103 cm³/mol. The molecule has 1 rings (SSSR count). The number of ether oxygens (including phenoxy) is 1. The zero-order valence-electron chi connectivity index (χ0n) is 16.8. The van der Waals surface area contributed by atoms with Gasteiger partial charge in [0.05, 0.1) is 11.8 Å². The smallest absolute Gasteiger partial charge is 0.310 e. The van der Waals surface area contributed by atoms with Crippen molar-refractivity contribution in [1.82, 2.24) is 5.32 Å². The van der Waals surface area contributed by atoms with Gasteiger partial charge in [-0.05, 0) is 51.7 Å². The van der Waals surface area contributed by atoms with Gasteiger partial charge in [-0.1, -0.05) is 32.0 Å². The largest absolute Gasteiger partial charge is 0.481 e. The highest BCUT2D eigenvalue weighted by Gasteiger charge is 2.36. The molecule has 0 fully saturated rings. The van der Waals surface area contributed by atoms with E-state index in [1.165, 1.54) is 0 Å². The average molecular weight is 377 g/mol. The number of aliphatic carboxylic acids is 1. The number of carboxylic acids is 1. The standard InChI is InChI=1S/C21H31NO5/c1-14(2)13-17(19(24)25)16(20(26)27-21(3,4)5)11-12-22-18(23)15-9-7-6-8-10-15/h6-10,14,16-17H,11-13H2,1-5H3,(H,22,23)(H,24,25)/t16-,17+/m0/s1. The highest BCUT2D eigenvalue weighted by molar-refractivity contribution is 5.94. The van der Waals surface area contributed by atoms with Gasteiger partial charge in [0.25, 0.3) is 5.91 Å². The van der Waals surface area contributed by atoms with Gasteiger partial charge in [0.2, 0.25) is 0 Å². The highest BCUT2D eigenvalue weighted by atomic mass is 16.6. The number of nitrogens with one attached hydrogen (secondary N) is 1. The zero-order chi connectivity index (χ0) is 20.6. The van der Waals surface area contributed by atoms with Gasteiger partial charge in [-0.2, -0.15) is 0 Å². The first kappa shape index (κ1) is 22.7. The second-order valence-electron chi connectivity index (χ2n) is 8.12. The molecule has 0 heterocycles. The van der Waals surface area contributed by atoms with Crippen LogP contribution < -0.4 is 5.32 Å². The van der Waals surface area contributed by atoms with E-state index in [4.69, 9.17) is 4.74 Å². The van der Waals surface area contributed by atoms with Gasteiger partial charge >= 0.3 is 11.9 Å². The van der Waals surface area contributed by atoms with Gasteiger partial charge in [-0.15, -0.1) is 0 Å². The maximum atomic E-state index is 12.6. The number of hydrogen-bond donors (Lipinski definition) is 2. The Balaban J connectivity index is 2.85. The Morgan fingerprint density at radius 3 is 2.15 bits per heavy atom. The number of carbonyl (C=O) groups excluding carboxylic acids is 2. The van der Waals surface area contributed by atoms with Crippen LogP contribution in [0.3, 0.4) is 0 Å². The fourth-order valence-corrected chi connectivity index (χ4v) is 2.84. The quantitative estimate of drug-likeness (QED) is 0.643. The van der Waals surface area contributed by atoms with Gasteiger partial charge in [-0.3, -0.25) is 14.4 Å². The van der Waals surface area contributed by atoms with Gasteiger partial charge in [0.1, 0.15) is 5.60 Å². The van der Waals surface area contributed by atoms with Crippen molar-refractivity contribution < 1.29 is 24.2 Å². The minimum atomic E-state index is -1.02. The molecule has 0 saturated carbocycles. The van der Waals surface area contributed by atoms with Crippen LogP contribution in [-0.2, 0) is 14.3 Å². The Morgan fingerprint density at radius 2 is 1.67 bits per heavy atom. The minimum Gasteiger partial charge on any atom is -0.481 e. The molecule has 27 heavy (non-hydrogen) atoms. The summed E-state index contributed by atoms with van der Waals surface area (Å²) in [6.07, 6.45) is 0.572. The summed E-state index contributed by atoms with van der Waals surface area (Å²) >= 11 is 0. The number of esters is 1. The first-order valence-corrected chi connectivity index (χ1v) is 9.30. The van der Waals surface area contributed by atoms with Crippen molar-refractivity contribution in [2.75, 3.05) is 6.54 Å². The van der Waals surface area contributed by atoms with Crippen LogP contribution in [0.5, 0.6) is 0 Å². The van der Waals surface area contributed by atoms with Crippen molar-refractivity contribution in [2.24, 2.45) is 17.8 Å². The maximum absolute atomic E-state index is 12.6. The van der Waals surface area contributed by atoms with Crippen molar-refractivity contribution >= 4 is 17.8 Å². The maximum Gasteiger partial charge on any atom is 0.310 e. The molecule has 0 aliphatic carbocycles. The molecule has 0 spiro atoms. The summed E-state index contributed by atoms with van der Waals surface area (Å²) in [5.74, 6) is -3.36. The minimum absolute atomic E-state index is 0.120. The normalized spacial score (nSPS) is 13.7. The molecule has 0 saturated heterocycles. The van der Waals surface area contributed by atoms with Crippen molar-refractivity contribution in [3.8, 4) is 0 Å². The zero-order valence-corrected chi connectivity index (χ0v) is 16.8.